The van der Waals surface area contributed by atoms with Gasteiger partial charge in [-0.15, -0.1) is 0 Å². The van der Waals surface area contributed by atoms with Crippen molar-refractivity contribution in [2.24, 2.45) is 0 Å². The SMILES string of the molecule is CCOc1cncc(C(CCc2cccc(C)c2)NC)c1. The second kappa shape index (κ2) is 7.79. The van der Waals surface area contributed by atoms with Crippen molar-refractivity contribution in [2.45, 2.75) is 32.7 Å². The number of aryl methyl sites for hydroxylation is 2. The van der Waals surface area contributed by atoms with E-state index in [4.69, 9.17) is 4.74 Å². The minimum absolute atomic E-state index is 0.290. The molecule has 0 radical (unpaired) electrons. The Bertz CT molecular complexity index is 569. The van der Waals surface area contributed by atoms with E-state index in [0.717, 1.165) is 18.6 Å². The molecule has 0 saturated carbocycles. The summed E-state index contributed by atoms with van der Waals surface area (Å²) in [6.45, 7) is 4.78. The molecule has 1 atom stereocenters. The lowest BCUT2D eigenvalue weighted by Crippen LogP contribution is -2.17. The first-order chi connectivity index (χ1) is 10.2. The Morgan fingerprint density at radius 2 is 2.10 bits per heavy atom. The van der Waals surface area contributed by atoms with Gasteiger partial charge in [-0.1, -0.05) is 29.8 Å². The fourth-order valence-electron chi connectivity index (χ4n) is 2.53. The molecule has 0 aliphatic carbocycles. The summed E-state index contributed by atoms with van der Waals surface area (Å²) in [6.07, 6.45) is 5.77. The van der Waals surface area contributed by atoms with Gasteiger partial charge in [0.15, 0.2) is 0 Å². The molecule has 112 valence electrons. The number of hydrogen-bond donors (Lipinski definition) is 1. The average Bonchev–Trinajstić information content (AvgIpc) is 2.49. The molecule has 0 amide bonds. The predicted octanol–water partition coefficient (Wildman–Crippen LogP) is 3.68. The highest BCUT2D eigenvalue weighted by Crippen LogP contribution is 2.22. The molecule has 21 heavy (non-hydrogen) atoms. The van der Waals surface area contributed by atoms with Gasteiger partial charge in [-0.3, -0.25) is 4.98 Å². The summed E-state index contributed by atoms with van der Waals surface area (Å²) in [5.41, 5.74) is 3.87. The zero-order chi connectivity index (χ0) is 15.1. The van der Waals surface area contributed by atoms with Crippen molar-refractivity contribution < 1.29 is 4.74 Å². The molecule has 0 bridgehead atoms. The van der Waals surface area contributed by atoms with Gasteiger partial charge in [0.05, 0.1) is 12.8 Å². The smallest absolute Gasteiger partial charge is 0.137 e. The number of rotatable bonds is 7. The van der Waals surface area contributed by atoms with Crippen LogP contribution in [0, 0.1) is 6.92 Å². The van der Waals surface area contributed by atoms with Gasteiger partial charge in [-0.25, -0.2) is 0 Å². The van der Waals surface area contributed by atoms with Crippen molar-refractivity contribution in [3.8, 4) is 5.75 Å². The van der Waals surface area contributed by atoms with Crippen LogP contribution < -0.4 is 10.1 Å². The molecule has 3 heteroatoms. The summed E-state index contributed by atoms with van der Waals surface area (Å²) >= 11 is 0. The van der Waals surface area contributed by atoms with Gasteiger partial charge < -0.3 is 10.1 Å². The van der Waals surface area contributed by atoms with E-state index in [1.54, 1.807) is 6.20 Å². The topological polar surface area (TPSA) is 34.1 Å². The Kier molecular flexibility index (Phi) is 5.76. The second-order valence-corrected chi connectivity index (χ2v) is 5.26. The monoisotopic (exact) mass is 284 g/mol. The van der Waals surface area contributed by atoms with Crippen molar-refractivity contribution in [3.63, 3.8) is 0 Å². The molecule has 0 spiro atoms. The lowest BCUT2D eigenvalue weighted by Gasteiger charge is -2.17. The Labute approximate surface area is 127 Å². The van der Waals surface area contributed by atoms with Crippen LogP contribution in [0.25, 0.3) is 0 Å². The minimum atomic E-state index is 0.290. The van der Waals surface area contributed by atoms with Crippen molar-refractivity contribution in [3.05, 3.63) is 59.4 Å². The summed E-state index contributed by atoms with van der Waals surface area (Å²) in [7, 11) is 1.99. The Balaban J connectivity index is 2.04. The first-order valence-corrected chi connectivity index (χ1v) is 7.53. The lowest BCUT2D eigenvalue weighted by molar-refractivity contribution is 0.338. The number of nitrogens with one attached hydrogen (secondary N) is 1. The molecule has 2 rings (SSSR count). The first-order valence-electron chi connectivity index (χ1n) is 7.53. The van der Waals surface area contributed by atoms with E-state index in [2.05, 4.69) is 47.6 Å². The highest BCUT2D eigenvalue weighted by molar-refractivity contribution is 5.27. The van der Waals surface area contributed by atoms with E-state index in [-0.39, 0.29) is 0 Å². The summed E-state index contributed by atoms with van der Waals surface area (Å²) in [6, 6.07) is 11.1. The summed E-state index contributed by atoms with van der Waals surface area (Å²) in [5, 5.41) is 3.38. The van der Waals surface area contributed by atoms with Crippen LogP contribution in [-0.2, 0) is 6.42 Å². The molecule has 0 saturated heterocycles. The Morgan fingerprint density at radius 1 is 1.24 bits per heavy atom. The molecule has 1 unspecified atom stereocenters. The van der Waals surface area contributed by atoms with E-state index in [1.165, 1.54) is 16.7 Å². The molecule has 0 aliphatic heterocycles. The van der Waals surface area contributed by atoms with Crippen LogP contribution in [0.2, 0.25) is 0 Å². The summed E-state index contributed by atoms with van der Waals surface area (Å²) in [5.74, 6) is 0.839. The molecule has 3 nitrogen and oxygen atoms in total. The van der Waals surface area contributed by atoms with E-state index >= 15 is 0 Å². The van der Waals surface area contributed by atoms with Crippen LogP contribution in [0.3, 0.4) is 0 Å². The largest absolute Gasteiger partial charge is 0.492 e. The molecular formula is C18H24N2O. The fourth-order valence-corrected chi connectivity index (χ4v) is 2.53. The number of aromatic nitrogens is 1. The van der Waals surface area contributed by atoms with Crippen LogP contribution >= 0.6 is 0 Å². The highest BCUT2D eigenvalue weighted by atomic mass is 16.5. The van der Waals surface area contributed by atoms with E-state index in [9.17, 15) is 0 Å². The number of hydrogen-bond acceptors (Lipinski definition) is 3. The van der Waals surface area contributed by atoms with Crippen LogP contribution in [0.5, 0.6) is 5.75 Å². The fraction of sp³-hybridized carbons (Fsp3) is 0.389. The Hall–Kier alpha value is -1.87. The van der Waals surface area contributed by atoms with Gasteiger partial charge in [0.1, 0.15) is 5.75 Å². The standard InChI is InChI=1S/C18H24N2O/c1-4-21-17-11-16(12-20-13-17)18(19-3)9-8-15-7-5-6-14(2)10-15/h5-7,10-13,18-19H,4,8-9H2,1-3H3. The lowest BCUT2D eigenvalue weighted by atomic mass is 9.99. The first kappa shape index (κ1) is 15.5. The number of pyridine rings is 1. The quantitative estimate of drug-likeness (QED) is 0.842. The predicted molar refractivity (Wildman–Crippen MR) is 86.7 cm³/mol. The molecule has 1 aromatic carbocycles. The molecule has 1 heterocycles. The third-order valence-electron chi connectivity index (χ3n) is 3.60. The van der Waals surface area contributed by atoms with Gasteiger partial charge in [-0.2, -0.15) is 0 Å². The number of nitrogens with zero attached hydrogens (tertiary/aromatic N) is 1. The highest BCUT2D eigenvalue weighted by Gasteiger charge is 2.11. The van der Waals surface area contributed by atoms with Gasteiger partial charge in [0, 0.05) is 12.2 Å². The summed E-state index contributed by atoms with van der Waals surface area (Å²) in [4.78, 5) is 4.28. The number of ether oxygens (including phenoxy) is 1. The third kappa shape index (κ3) is 4.57. The van der Waals surface area contributed by atoms with E-state index in [1.807, 2.05) is 20.2 Å². The van der Waals surface area contributed by atoms with Crippen LogP contribution in [0.15, 0.2) is 42.7 Å². The van der Waals surface area contributed by atoms with Gasteiger partial charge >= 0.3 is 0 Å². The summed E-state index contributed by atoms with van der Waals surface area (Å²) < 4.78 is 5.53. The van der Waals surface area contributed by atoms with Crippen molar-refractivity contribution >= 4 is 0 Å². The minimum Gasteiger partial charge on any atom is -0.492 e. The number of benzene rings is 1. The van der Waals surface area contributed by atoms with Gasteiger partial charge in [0.25, 0.3) is 0 Å². The van der Waals surface area contributed by atoms with Gasteiger partial charge in [0.2, 0.25) is 0 Å². The Morgan fingerprint density at radius 3 is 2.81 bits per heavy atom. The van der Waals surface area contributed by atoms with Crippen molar-refractivity contribution in [1.82, 2.24) is 10.3 Å². The van der Waals surface area contributed by atoms with Crippen LogP contribution in [-0.4, -0.2) is 18.6 Å². The average molecular weight is 284 g/mol. The van der Waals surface area contributed by atoms with E-state index in [0.29, 0.717) is 12.6 Å². The van der Waals surface area contributed by atoms with E-state index < -0.39 is 0 Å². The zero-order valence-corrected chi connectivity index (χ0v) is 13.1. The van der Waals surface area contributed by atoms with Crippen molar-refractivity contribution in [2.75, 3.05) is 13.7 Å². The van der Waals surface area contributed by atoms with Crippen LogP contribution in [0.4, 0.5) is 0 Å². The molecular weight excluding hydrogens is 260 g/mol. The maximum Gasteiger partial charge on any atom is 0.137 e. The van der Waals surface area contributed by atoms with Crippen molar-refractivity contribution in [1.29, 1.82) is 0 Å². The normalized spacial score (nSPS) is 12.1. The zero-order valence-electron chi connectivity index (χ0n) is 13.1. The second-order valence-electron chi connectivity index (χ2n) is 5.26. The molecule has 0 fully saturated rings. The third-order valence-corrected chi connectivity index (χ3v) is 3.60. The molecule has 2 aromatic rings. The maximum atomic E-state index is 5.53. The molecule has 1 N–H and O–H groups in total. The van der Waals surface area contributed by atoms with Crippen LogP contribution in [0.1, 0.15) is 36.1 Å². The molecule has 1 aromatic heterocycles. The maximum absolute atomic E-state index is 5.53. The van der Waals surface area contributed by atoms with Gasteiger partial charge in [-0.05, 0) is 50.9 Å². The molecule has 0 aliphatic rings.